The van der Waals surface area contributed by atoms with E-state index in [9.17, 15) is 9.59 Å². The molecule has 0 bridgehead atoms. The highest BCUT2D eigenvalue weighted by Crippen LogP contribution is 2.11. The summed E-state index contributed by atoms with van der Waals surface area (Å²) in [5.41, 5.74) is 1.48. The van der Waals surface area contributed by atoms with E-state index in [1.54, 1.807) is 6.07 Å². The van der Waals surface area contributed by atoms with Crippen molar-refractivity contribution in [1.29, 1.82) is 0 Å². The molecule has 0 amide bonds. The predicted octanol–water partition coefficient (Wildman–Crippen LogP) is 1.76. The van der Waals surface area contributed by atoms with E-state index in [0.29, 0.717) is 23.8 Å². The fourth-order valence-electron chi connectivity index (χ4n) is 1.19. The summed E-state index contributed by atoms with van der Waals surface area (Å²) < 4.78 is 0. The van der Waals surface area contributed by atoms with Gasteiger partial charge in [0.25, 0.3) is 0 Å². The average molecular weight is 178 g/mol. The lowest BCUT2D eigenvalue weighted by molar-refractivity contribution is 0.0695. The van der Waals surface area contributed by atoms with Crippen LogP contribution in [-0.4, -0.2) is 17.4 Å². The van der Waals surface area contributed by atoms with Crippen LogP contribution in [0.4, 0.5) is 0 Å². The van der Waals surface area contributed by atoms with Crippen molar-refractivity contribution in [3.05, 3.63) is 34.9 Å². The molecule has 1 aromatic rings. The van der Waals surface area contributed by atoms with Gasteiger partial charge in [-0.15, -0.1) is 0 Å². The van der Waals surface area contributed by atoms with Gasteiger partial charge >= 0.3 is 5.97 Å². The number of carboxylic acids is 1. The molecule has 0 aliphatic rings. The lowest BCUT2D eigenvalue weighted by Crippen LogP contribution is -2.02. The number of hydrogen-bond donors (Lipinski definition) is 1. The van der Waals surface area contributed by atoms with Gasteiger partial charge in [-0.05, 0) is 24.1 Å². The zero-order chi connectivity index (χ0) is 9.84. The smallest absolute Gasteiger partial charge is 0.335 e. The van der Waals surface area contributed by atoms with E-state index in [4.69, 9.17) is 5.11 Å². The van der Waals surface area contributed by atoms with E-state index in [1.165, 1.54) is 12.1 Å². The Morgan fingerprint density at radius 2 is 2.23 bits per heavy atom. The Labute approximate surface area is 76.0 Å². The van der Waals surface area contributed by atoms with Crippen LogP contribution in [0, 0.1) is 0 Å². The first kappa shape index (κ1) is 9.45. The zero-order valence-corrected chi connectivity index (χ0v) is 7.28. The molecule has 0 atom stereocenters. The Balaban J connectivity index is 3.23. The van der Waals surface area contributed by atoms with Crippen LogP contribution in [0.5, 0.6) is 0 Å². The summed E-state index contributed by atoms with van der Waals surface area (Å²) in [6.45, 7) is 1.86. The van der Waals surface area contributed by atoms with Crippen LogP contribution in [0.3, 0.4) is 0 Å². The Bertz CT molecular complexity index is 342. The highest BCUT2D eigenvalue weighted by Gasteiger charge is 2.08. The second-order valence-electron chi connectivity index (χ2n) is 2.69. The first-order valence-electron chi connectivity index (χ1n) is 4.00. The normalized spacial score (nSPS) is 9.62. The van der Waals surface area contributed by atoms with Crippen molar-refractivity contribution in [3.8, 4) is 0 Å². The van der Waals surface area contributed by atoms with Crippen molar-refractivity contribution in [1.82, 2.24) is 0 Å². The minimum atomic E-state index is -0.950. The van der Waals surface area contributed by atoms with Gasteiger partial charge in [0.1, 0.15) is 6.29 Å². The van der Waals surface area contributed by atoms with Gasteiger partial charge < -0.3 is 5.11 Å². The molecule has 0 aliphatic heterocycles. The van der Waals surface area contributed by atoms with Gasteiger partial charge in [0, 0.05) is 5.56 Å². The van der Waals surface area contributed by atoms with Crippen LogP contribution in [0.1, 0.15) is 33.2 Å². The summed E-state index contributed by atoms with van der Waals surface area (Å²) >= 11 is 0. The summed E-state index contributed by atoms with van der Waals surface area (Å²) in [7, 11) is 0. The van der Waals surface area contributed by atoms with Crippen molar-refractivity contribution in [3.63, 3.8) is 0 Å². The standard InChI is InChI=1S/C10H10O3/c1-2-8-5-7(6-11)3-4-9(8)10(12)13/h3-6H,2H2,1H3,(H,12,13). The maximum atomic E-state index is 10.7. The van der Waals surface area contributed by atoms with Crippen LogP contribution >= 0.6 is 0 Å². The molecule has 0 heterocycles. The highest BCUT2D eigenvalue weighted by molar-refractivity contribution is 5.90. The van der Waals surface area contributed by atoms with Gasteiger partial charge in [-0.1, -0.05) is 13.0 Å². The lowest BCUT2D eigenvalue weighted by atomic mass is 10.0. The first-order chi connectivity index (χ1) is 6.19. The van der Waals surface area contributed by atoms with Crippen LogP contribution in [0.2, 0.25) is 0 Å². The topological polar surface area (TPSA) is 54.4 Å². The Morgan fingerprint density at radius 1 is 1.54 bits per heavy atom. The number of carboxylic acid groups (broad SMARTS) is 1. The largest absolute Gasteiger partial charge is 0.478 e. The predicted molar refractivity (Wildman–Crippen MR) is 48.2 cm³/mol. The maximum absolute atomic E-state index is 10.7. The quantitative estimate of drug-likeness (QED) is 0.717. The molecular formula is C10H10O3. The third-order valence-electron chi connectivity index (χ3n) is 1.88. The van der Waals surface area contributed by atoms with Crippen molar-refractivity contribution in [2.45, 2.75) is 13.3 Å². The molecule has 13 heavy (non-hydrogen) atoms. The van der Waals surface area contributed by atoms with Crippen molar-refractivity contribution in [2.75, 3.05) is 0 Å². The molecule has 68 valence electrons. The summed E-state index contributed by atoms with van der Waals surface area (Å²) in [4.78, 5) is 21.1. The van der Waals surface area contributed by atoms with E-state index in [2.05, 4.69) is 0 Å². The number of carbonyl (C=O) groups is 2. The second kappa shape index (κ2) is 3.85. The van der Waals surface area contributed by atoms with Crippen LogP contribution in [0.15, 0.2) is 18.2 Å². The molecule has 3 nitrogen and oxygen atoms in total. The molecule has 1 aromatic carbocycles. The third-order valence-corrected chi connectivity index (χ3v) is 1.88. The summed E-state index contributed by atoms with van der Waals surface area (Å²) in [6, 6.07) is 4.58. The van der Waals surface area contributed by atoms with Crippen molar-refractivity contribution >= 4 is 12.3 Å². The van der Waals surface area contributed by atoms with Crippen molar-refractivity contribution < 1.29 is 14.7 Å². The van der Waals surface area contributed by atoms with E-state index in [-0.39, 0.29) is 5.56 Å². The monoisotopic (exact) mass is 178 g/mol. The summed E-state index contributed by atoms with van der Waals surface area (Å²) in [5.74, 6) is -0.950. The Hall–Kier alpha value is -1.64. The van der Waals surface area contributed by atoms with Crippen molar-refractivity contribution in [2.24, 2.45) is 0 Å². The first-order valence-corrected chi connectivity index (χ1v) is 4.00. The van der Waals surface area contributed by atoms with E-state index >= 15 is 0 Å². The van der Waals surface area contributed by atoms with E-state index in [1.807, 2.05) is 6.92 Å². The number of aromatic carboxylic acids is 1. The van der Waals surface area contributed by atoms with Gasteiger partial charge in [-0.3, -0.25) is 4.79 Å². The van der Waals surface area contributed by atoms with E-state index in [0.717, 1.165) is 0 Å². The molecule has 0 unspecified atom stereocenters. The summed E-state index contributed by atoms with van der Waals surface area (Å²) in [5, 5.41) is 8.77. The molecule has 0 saturated heterocycles. The van der Waals surface area contributed by atoms with Gasteiger partial charge in [0.2, 0.25) is 0 Å². The van der Waals surface area contributed by atoms with Gasteiger partial charge in [-0.25, -0.2) is 4.79 Å². The lowest BCUT2D eigenvalue weighted by Gasteiger charge is -2.02. The van der Waals surface area contributed by atoms with Crippen LogP contribution < -0.4 is 0 Å². The fourth-order valence-corrected chi connectivity index (χ4v) is 1.19. The maximum Gasteiger partial charge on any atom is 0.335 e. The number of rotatable bonds is 3. The Morgan fingerprint density at radius 3 is 2.69 bits per heavy atom. The number of aryl methyl sites for hydroxylation is 1. The Kier molecular flexibility index (Phi) is 2.80. The zero-order valence-electron chi connectivity index (χ0n) is 7.28. The number of aldehydes is 1. The molecule has 0 aliphatic carbocycles. The van der Waals surface area contributed by atoms with Crippen LogP contribution in [0.25, 0.3) is 0 Å². The van der Waals surface area contributed by atoms with Gasteiger partial charge in [0.15, 0.2) is 0 Å². The molecular weight excluding hydrogens is 168 g/mol. The molecule has 0 radical (unpaired) electrons. The third kappa shape index (κ3) is 1.93. The molecule has 1 rings (SSSR count). The highest BCUT2D eigenvalue weighted by atomic mass is 16.4. The number of benzene rings is 1. The van der Waals surface area contributed by atoms with E-state index < -0.39 is 5.97 Å². The molecule has 1 N–H and O–H groups in total. The molecule has 0 aromatic heterocycles. The average Bonchev–Trinajstić information content (AvgIpc) is 2.16. The molecule has 0 saturated carbocycles. The minimum absolute atomic E-state index is 0.271. The van der Waals surface area contributed by atoms with Crippen LogP contribution in [-0.2, 0) is 6.42 Å². The number of hydrogen-bond acceptors (Lipinski definition) is 2. The molecule has 0 spiro atoms. The second-order valence-corrected chi connectivity index (χ2v) is 2.69. The molecule has 0 fully saturated rings. The fraction of sp³-hybridized carbons (Fsp3) is 0.200. The number of carbonyl (C=O) groups excluding carboxylic acids is 1. The summed E-state index contributed by atoms with van der Waals surface area (Å²) in [6.07, 6.45) is 1.33. The van der Waals surface area contributed by atoms with Gasteiger partial charge in [0.05, 0.1) is 5.56 Å². The van der Waals surface area contributed by atoms with Gasteiger partial charge in [-0.2, -0.15) is 0 Å². The minimum Gasteiger partial charge on any atom is -0.478 e. The molecule has 3 heteroatoms. The SMILES string of the molecule is CCc1cc(C=O)ccc1C(=O)O.